The Kier molecular flexibility index (Phi) is 4.18. The highest BCUT2D eigenvalue weighted by Crippen LogP contribution is 2.18. The van der Waals surface area contributed by atoms with Crippen molar-refractivity contribution in [2.45, 2.75) is 25.3 Å². The summed E-state index contributed by atoms with van der Waals surface area (Å²) >= 11 is 0. The maximum absolute atomic E-state index is 11.7. The molecule has 1 atom stereocenters. The lowest BCUT2D eigenvalue weighted by Gasteiger charge is -2.23. The number of aliphatic carboxylic acids is 1. The van der Waals surface area contributed by atoms with Crippen LogP contribution in [0.3, 0.4) is 0 Å². The SMILES string of the molecule is Cc1noc(CCNC(=O)NC2(C(=O)O)CCOC2)n1. The summed E-state index contributed by atoms with van der Waals surface area (Å²) in [6.07, 6.45) is 0.628. The Morgan fingerprint density at radius 3 is 2.85 bits per heavy atom. The summed E-state index contributed by atoms with van der Waals surface area (Å²) in [5, 5.41) is 17.8. The van der Waals surface area contributed by atoms with E-state index < -0.39 is 17.5 Å². The number of carboxylic acid groups (broad SMARTS) is 1. The number of amides is 2. The largest absolute Gasteiger partial charge is 0.479 e. The van der Waals surface area contributed by atoms with E-state index in [1.54, 1.807) is 6.92 Å². The van der Waals surface area contributed by atoms with E-state index in [2.05, 4.69) is 20.8 Å². The first-order chi connectivity index (χ1) is 9.52. The van der Waals surface area contributed by atoms with Gasteiger partial charge in [-0.05, 0) is 6.92 Å². The van der Waals surface area contributed by atoms with Crippen LogP contribution < -0.4 is 10.6 Å². The first-order valence-electron chi connectivity index (χ1n) is 6.18. The summed E-state index contributed by atoms with van der Waals surface area (Å²) in [5.41, 5.74) is -1.34. The minimum Gasteiger partial charge on any atom is -0.479 e. The van der Waals surface area contributed by atoms with Crippen LogP contribution in [0.15, 0.2) is 4.52 Å². The number of rotatable bonds is 5. The molecule has 0 bridgehead atoms. The Labute approximate surface area is 114 Å². The molecule has 2 rings (SSSR count). The van der Waals surface area contributed by atoms with Crippen molar-refractivity contribution in [2.75, 3.05) is 19.8 Å². The number of aromatic nitrogens is 2. The number of aryl methyl sites for hydroxylation is 1. The van der Waals surface area contributed by atoms with Gasteiger partial charge in [0.05, 0.1) is 6.61 Å². The van der Waals surface area contributed by atoms with Crippen LogP contribution in [-0.2, 0) is 16.0 Å². The third-order valence-electron chi connectivity index (χ3n) is 2.98. The van der Waals surface area contributed by atoms with Gasteiger partial charge in [0.1, 0.15) is 0 Å². The first-order valence-corrected chi connectivity index (χ1v) is 6.18. The molecule has 110 valence electrons. The van der Waals surface area contributed by atoms with E-state index in [4.69, 9.17) is 14.4 Å². The van der Waals surface area contributed by atoms with Crippen molar-refractivity contribution in [3.8, 4) is 0 Å². The molecule has 0 aliphatic carbocycles. The van der Waals surface area contributed by atoms with Gasteiger partial charge in [-0.25, -0.2) is 9.59 Å². The highest BCUT2D eigenvalue weighted by Gasteiger charge is 2.43. The van der Waals surface area contributed by atoms with Crippen LogP contribution >= 0.6 is 0 Å². The van der Waals surface area contributed by atoms with Gasteiger partial charge in [0.25, 0.3) is 0 Å². The van der Waals surface area contributed by atoms with Crippen molar-refractivity contribution >= 4 is 12.0 Å². The zero-order valence-electron chi connectivity index (χ0n) is 11.0. The van der Waals surface area contributed by atoms with Gasteiger partial charge in [-0.15, -0.1) is 0 Å². The van der Waals surface area contributed by atoms with Crippen molar-refractivity contribution in [1.29, 1.82) is 0 Å². The number of carbonyl (C=O) groups is 2. The van der Waals surface area contributed by atoms with Crippen LogP contribution in [0.2, 0.25) is 0 Å². The molecular formula is C11H16N4O5. The lowest BCUT2D eigenvalue weighted by Crippen LogP contribution is -2.57. The van der Waals surface area contributed by atoms with Gasteiger partial charge in [-0.2, -0.15) is 4.98 Å². The Morgan fingerprint density at radius 1 is 1.50 bits per heavy atom. The molecule has 0 aromatic carbocycles. The third-order valence-corrected chi connectivity index (χ3v) is 2.98. The molecule has 2 heterocycles. The van der Waals surface area contributed by atoms with Crippen molar-refractivity contribution in [3.63, 3.8) is 0 Å². The summed E-state index contributed by atoms with van der Waals surface area (Å²) in [6.45, 7) is 2.25. The number of carboxylic acids is 1. The molecule has 1 aromatic rings. The van der Waals surface area contributed by atoms with E-state index in [9.17, 15) is 9.59 Å². The van der Waals surface area contributed by atoms with Gasteiger partial charge in [0.15, 0.2) is 11.4 Å². The van der Waals surface area contributed by atoms with Gasteiger partial charge < -0.3 is 25.0 Å². The molecule has 0 spiro atoms. The zero-order valence-corrected chi connectivity index (χ0v) is 11.0. The van der Waals surface area contributed by atoms with Gasteiger partial charge in [0.2, 0.25) is 5.89 Å². The van der Waals surface area contributed by atoms with Crippen molar-refractivity contribution in [1.82, 2.24) is 20.8 Å². The van der Waals surface area contributed by atoms with Crippen molar-refractivity contribution in [3.05, 3.63) is 11.7 Å². The molecule has 0 radical (unpaired) electrons. The average Bonchev–Trinajstić information content (AvgIpc) is 2.99. The number of nitrogens with zero attached hydrogens (tertiary/aromatic N) is 2. The predicted molar refractivity (Wildman–Crippen MR) is 65.1 cm³/mol. The number of nitrogens with one attached hydrogen (secondary N) is 2. The molecule has 0 saturated carbocycles. The van der Waals surface area contributed by atoms with E-state index in [-0.39, 0.29) is 19.6 Å². The van der Waals surface area contributed by atoms with E-state index in [1.807, 2.05) is 0 Å². The highest BCUT2D eigenvalue weighted by atomic mass is 16.5. The Morgan fingerprint density at radius 2 is 2.30 bits per heavy atom. The maximum Gasteiger partial charge on any atom is 0.332 e. The molecule has 1 saturated heterocycles. The number of hydrogen-bond donors (Lipinski definition) is 3. The molecule has 1 aromatic heterocycles. The normalized spacial score (nSPS) is 21.6. The predicted octanol–water partition coefficient (Wildman–Crippen LogP) is -0.537. The molecule has 20 heavy (non-hydrogen) atoms. The molecule has 2 amide bonds. The standard InChI is InChI=1S/C11H16N4O5/c1-7-13-8(20-15-7)2-4-12-10(18)14-11(9(16)17)3-5-19-6-11/h2-6H2,1H3,(H,16,17)(H2,12,14,18). The Hall–Kier alpha value is -2.16. The second-order valence-corrected chi connectivity index (χ2v) is 4.56. The zero-order chi connectivity index (χ0) is 14.6. The van der Waals surface area contributed by atoms with Crippen LogP contribution in [0.4, 0.5) is 4.79 Å². The van der Waals surface area contributed by atoms with Gasteiger partial charge in [-0.1, -0.05) is 5.16 Å². The van der Waals surface area contributed by atoms with Gasteiger partial charge >= 0.3 is 12.0 Å². The minimum atomic E-state index is -1.34. The fourth-order valence-electron chi connectivity index (χ4n) is 1.87. The van der Waals surface area contributed by atoms with Crippen molar-refractivity contribution in [2.24, 2.45) is 0 Å². The van der Waals surface area contributed by atoms with Crippen LogP contribution in [0.5, 0.6) is 0 Å². The van der Waals surface area contributed by atoms with Gasteiger partial charge in [-0.3, -0.25) is 0 Å². The fraction of sp³-hybridized carbons (Fsp3) is 0.636. The number of urea groups is 1. The second-order valence-electron chi connectivity index (χ2n) is 4.56. The molecule has 1 fully saturated rings. The molecule has 9 nitrogen and oxygen atoms in total. The number of carbonyl (C=O) groups excluding carboxylic acids is 1. The summed E-state index contributed by atoms with van der Waals surface area (Å²) in [7, 11) is 0. The molecule has 3 N–H and O–H groups in total. The van der Waals surface area contributed by atoms with E-state index in [1.165, 1.54) is 0 Å². The topological polar surface area (TPSA) is 127 Å². The Bertz CT molecular complexity index is 495. The molecule has 1 aliphatic rings. The maximum atomic E-state index is 11.7. The van der Waals surface area contributed by atoms with Crippen LogP contribution in [0, 0.1) is 6.92 Å². The van der Waals surface area contributed by atoms with E-state index in [0.29, 0.717) is 24.7 Å². The quantitative estimate of drug-likeness (QED) is 0.663. The molecular weight excluding hydrogens is 268 g/mol. The lowest BCUT2D eigenvalue weighted by molar-refractivity contribution is -0.144. The summed E-state index contributed by atoms with van der Waals surface area (Å²) in [5.74, 6) is -0.157. The van der Waals surface area contributed by atoms with Crippen LogP contribution in [0.25, 0.3) is 0 Å². The Balaban J connectivity index is 1.78. The number of ether oxygens (including phenoxy) is 1. The molecule has 1 aliphatic heterocycles. The van der Waals surface area contributed by atoms with Gasteiger partial charge in [0, 0.05) is 26.0 Å². The second kappa shape index (κ2) is 5.87. The van der Waals surface area contributed by atoms with E-state index in [0.717, 1.165) is 0 Å². The monoisotopic (exact) mass is 284 g/mol. The molecule has 1 unspecified atom stereocenters. The fourth-order valence-corrected chi connectivity index (χ4v) is 1.87. The average molecular weight is 284 g/mol. The summed E-state index contributed by atoms with van der Waals surface area (Å²) in [6, 6.07) is -0.561. The highest BCUT2D eigenvalue weighted by molar-refractivity contribution is 5.86. The van der Waals surface area contributed by atoms with E-state index >= 15 is 0 Å². The van der Waals surface area contributed by atoms with Crippen molar-refractivity contribution < 1.29 is 24.0 Å². The summed E-state index contributed by atoms with van der Waals surface area (Å²) in [4.78, 5) is 26.9. The van der Waals surface area contributed by atoms with Crippen LogP contribution in [-0.4, -0.2) is 52.5 Å². The summed E-state index contributed by atoms with van der Waals surface area (Å²) < 4.78 is 9.93. The first kappa shape index (κ1) is 14.3. The van der Waals surface area contributed by atoms with Crippen LogP contribution in [0.1, 0.15) is 18.1 Å². The number of hydrogen-bond acceptors (Lipinski definition) is 6. The minimum absolute atomic E-state index is 0.0292. The molecule has 9 heteroatoms. The smallest absolute Gasteiger partial charge is 0.332 e. The third kappa shape index (κ3) is 3.23. The lowest BCUT2D eigenvalue weighted by atomic mass is 9.99.